The monoisotopic (exact) mass is 266 g/mol. The van der Waals surface area contributed by atoms with E-state index in [0.717, 1.165) is 18.5 Å². The van der Waals surface area contributed by atoms with Crippen molar-refractivity contribution in [3.05, 3.63) is 11.4 Å². The number of aromatic amines is 1. The molecule has 106 valence electrons. The minimum atomic E-state index is -0.0878. The molecule has 0 unspecified atom stereocenters. The van der Waals surface area contributed by atoms with Gasteiger partial charge in [0.25, 0.3) is 5.91 Å². The Morgan fingerprint density at radius 3 is 2.58 bits per heavy atom. The fourth-order valence-electron chi connectivity index (χ4n) is 2.41. The van der Waals surface area contributed by atoms with E-state index in [1.807, 2.05) is 13.8 Å². The fourth-order valence-corrected chi connectivity index (χ4v) is 2.41. The van der Waals surface area contributed by atoms with Crippen LogP contribution in [0.1, 0.15) is 48.8 Å². The van der Waals surface area contributed by atoms with Gasteiger partial charge in [0.05, 0.1) is 17.5 Å². The Morgan fingerprint density at radius 1 is 1.47 bits per heavy atom. The number of rotatable bonds is 3. The van der Waals surface area contributed by atoms with Crippen LogP contribution in [0.4, 0.5) is 5.69 Å². The zero-order valence-electron chi connectivity index (χ0n) is 11.8. The Bertz CT molecular complexity index is 447. The van der Waals surface area contributed by atoms with Gasteiger partial charge in [-0.25, -0.2) is 0 Å². The van der Waals surface area contributed by atoms with Crippen LogP contribution in [0.3, 0.4) is 0 Å². The van der Waals surface area contributed by atoms with Gasteiger partial charge < -0.3 is 15.4 Å². The van der Waals surface area contributed by atoms with Crippen molar-refractivity contribution < 1.29 is 9.53 Å². The molecule has 1 aromatic heterocycles. The molecule has 1 aliphatic heterocycles. The largest absolute Gasteiger partial charge is 0.395 e. The number of H-pyrrole nitrogens is 1. The van der Waals surface area contributed by atoms with Gasteiger partial charge in [-0.05, 0) is 18.8 Å². The highest BCUT2D eigenvalue weighted by molar-refractivity contribution is 5.97. The number of nitrogens with zero attached hydrogens (tertiary/aromatic N) is 2. The van der Waals surface area contributed by atoms with Crippen LogP contribution in [0, 0.1) is 0 Å². The number of amides is 1. The molecule has 6 nitrogen and oxygen atoms in total. The maximum atomic E-state index is 12.4. The lowest BCUT2D eigenvalue weighted by molar-refractivity contribution is 0.0348. The van der Waals surface area contributed by atoms with Gasteiger partial charge in [-0.1, -0.05) is 13.8 Å². The van der Waals surface area contributed by atoms with Crippen molar-refractivity contribution in [1.29, 1.82) is 0 Å². The number of hydrogen-bond acceptors (Lipinski definition) is 4. The Labute approximate surface area is 113 Å². The number of nitrogens with one attached hydrogen (secondary N) is 1. The van der Waals surface area contributed by atoms with Crippen LogP contribution in [-0.2, 0) is 4.74 Å². The zero-order valence-corrected chi connectivity index (χ0v) is 11.8. The van der Waals surface area contributed by atoms with Gasteiger partial charge >= 0.3 is 0 Å². The molecule has 0 aromatic carbocycles. The fraction of sp³-hybridized carbons (Fsp3) is 0.692. The molecule has 19 heavy (non-hydrogen) atoms. The molecular weight excluding hydrogens is 244 g/mol. The standard InChI is InChI=1S/C13H22N4O2/c1-8(2)11-10(14)12(16-15-11)13(18)17-6-4-9(19-3)5-7-17/h8-9H,4-7,14H2,1-3H3,(H,15,16). The minimum Gasteiger partial charge on any atom is -0.395 e. The molecule has 1 amide bonds. The second kappa shape index (κ2) is 5.61. The predicted octanol–water partition coefficient (Wildman–Crippen LogP) is 1.37. The number of anilines is 1. The van der Waals surface area contributed by atoms with E-state index in [1.54, 1.807) is 12.0 Å². The smallest absolute Gasteiger partial charge is 0.276 e. The van der Waals surface area contributed by atoms with Crippen molar-refractivity contribution in [3.63, 3.8) is 0 Å². The molecule has 0 radical (unpaired) electrons. The molecule has 2 heterocycles. The molecule has 0 saturated carbocycles. The molecule has 0 bridgehead atoms. The van der Waals surface area contributed by atoms with Crippen molar-refractivity contribution in [3.8, 4) is 0 Å². The van der Waals surface area contributed by atoms with E-state index in [-0.39, 0.29) is 17.9 Å². The van der Waals surface area contributed by atoms with Crippen molar-refractivity contribution in [1.82, 2.24) is 15.1 Å². The SMILES string of the molecule is COC1CCN(C(=O)c2n[nH]c(C(C)C)c2N)CC1. The number of nitrogens with two attached hydrogens (primary N) is 1. The maximum absolute atomic E-state index is 12.4. The number of methoxy groups -OCH3 is 1. The number of aromatic nitrogens is 2. The van der Waals surface area contributed by atoms with Crippen LogP contribution in [0.2, 0.25) is 0 Å². The van der Waals surface area contributed by atoms with Crippen LogP contribution in [0.15, 0.2) is 0 Å². The summed E-state index contributed by atoms with van der Waals surface area (Å²) in [5.41, 5.74) is 7.66. The van der Waals surface area contributed by atoms with Gasteiger partial charge in [-0.2, -0.15) is 5.10 Å². The van der Waals surface area contributed by atoms with E-state index in [1.165, 1.54) is 0 Å². The summed E-state index contributed by atoms with van der Waals surface area (Å²) >= 11 is 0. The Balaban J connectivity index is 2.08. The number of piperidine rings is 1. The minimum absolute atomic E-state index is 0.0878. The van der Waals surface area contributed by atoms with Crippen LogP contribution in [0.5, 0.6) is 0 Å². The molecule has 2 rings (SSSR count). The third kappa shape index (κ3) is 2.73. The molecule has 1 aromatic rings. The lowest BCUT2D eigenvalue weighted by atomic mass is 10.1. The van der Waals surface area contributed by atoms with Crippen molar-refractivity contribution in [2.45, 2.75) is 38.7 Å². The van der Waals surface area contributed by atoms with E-state index in [0.29, 0.717) is 24.5 Å². The van der Waals surface area contributed by atoms with Crippen LogP contribution in [-0.4, -0.2) is 47.3 Å². The lowest BCUT2D eigenvalue weighted by Gasteiger charge is -2.30. The van der Waals surface area contributed by atoms with Gasteiger partial charge in [0.1, 0.15) is 0 Å². The first kappa shape index (κ1) is 13.9. The molecule has 3 N–H and O–H groups in total. The Morgan fingerprint density at radius 2 is 2.11 bits per heavy atom. The second-order valence-corrected chi connectivity index (χ2v) is 5.28. The normalized spacial score (nSPS) is 17.2. The first-order valence-electron chi connectivity index (χ1n) is 6.70. The number of likely N-dealkylation sites (tertiary alicyclic amines) is 1. The van der Waals surface area contributed by atoms with Crippen molar-refractivity contribution in [2.24, 2.45) is 0 Å². The summed E-state index contributed by atoms with van der Waals surface area (Å²) in [4.78, 5) is 14.2. The number of hydrogen-bond donors (Lipinski definition) is 2. The van der Waals surface area contributed by atoms with Gasteiger partial charge in [0.2, 0.25) is 0 Å². The highest BCUT2D eigenvalue weighted by Gasteiger charge is 2.27. The summed E-state index contributed by atoms with van der Waals surface area (Å²) in [7, 11) is 1.71. The molecule has 1 saturated heterocycles. The Hall–Kier alpha value is -1.56. The average molecular weight is 266 g/mol. The van der Waals surface area contributed by atoms with E-state index in [4.69, 9.17) is 10.5 Å². The van der Waals surface area contributed by atoms with Crippen LogP contribution >= 0.6 is 0 Å². The Kier molecular flexibility index (Phi) is 4.09. The van der Waals surface area contributed by atoms with Gasteiger partial charge in [0.15, 0.2) is 5.69 Å². The number of nitrogen functional groups attached to an aromatic ring is 1. The first-order valence-corrected chi connectivity index (χ1v) is 6.70. The molecular formula is C13H22N4O2. The second-order valence-electron chi connectivity index (χ2n) is 5.28. The number of ether oxygens (including phenoxy) is 1. The quantitative estimate of drug-likeness (QED) is 0.865. The summed E-state index contributed by atoms with van der Waals surface area (Å²) in [6.45, 7) is 5.42. The van der Waals surface area contributed by atoms with E-state index in [2.05, 4.69) is 10.2 Å². The number of carbonyl (C=O) groups is 1. The molecule has 0 aliphatic carbocycles. The summed E-state index contributed by atoms with van der Waals surface area (Å²) in [5.74, 6) is 0.142. The molecule has 0 atom stereocenters. The highest BCUT2D eigenvalue weighted by atomic mass is 16.5. The molecule has 1 fully saturated rings. The lowest BCUT2D eigenvalue weighted by Crippen LogP contribution is -2.41. The van der Waals surface area contributed by atoms with Crippen molar-refractivity contribution in [2.75, 3.05) is 25.9 Å². The highest BCUT2D eigenvalue weighted by Crippen LogP contribution is 2.24. The third-order valence-corrected chi connectivity index (χ3v) is 3.68. The summed E-state index contributed by atoms with van der Waals surface area (Å²) < 4.78 is 5.30. The topological polar surface area (TPSA) is 84.2 Å². The van der Waals surface area contributed by atoms with E-state index < -0.39 is 0 Å². The van der Waals surface area contributed by atoms with E-state index in [9.17, 15) is 4.79 Å². The maximum Gasteiger partial charge on any atom is 0.276 e. The first-order chi connectivity index (χ1) is 9.04. The van der Waals surface area contributed by atoms with Gasteiger partial charge in [-0.3, -0.25) is 9.89 Å². The average Bonchev–Trinajstić information content (AvgIpc) is 2.80. The summed E-state index contributed by atoms with van der Waals surface area (Å²) in [5, 5.41) is 6.95. The molecule has 0 spiro atoms. The number of carbonyl (C=O) groups excluding carboxylic acids is 1. The van der Waals surface area contributed by atoms with Crippen LogP contribution in [0.25, 0.3) is 0 Å². The summed E-state index contributed by atoms with van der Waals surface area (Å²) in [6, 6.07) is 0. The van der Waals surface area contributed by atoms with Gasteiger partial charge in [0, 0.05) is 20.2 Å². The van der Waals surface area contributed by atoms with E-state index >= 15 is 0 Å². The van der Waals surface area contributed by atoms with Crippen LogP contribution < -0.4 is 5.73 Å². The molecule has 6 heteroatoms. The van der Waals surface area contributed by atoms with Crippen molar-refractivity contribution >= 4 is 11.6 Å². The summed E-state index contributed by atoms with van der Waals surface area (Å²) in [6.07, 6.45) is 1.99. The predicted molar refractivity (Wildman–Crippen MR) is 73.0 cm³/mol. The van der Waals surface area contributed by atoms with Gasteiger partial charge in [-0.15, -0.1) is 0 Å². The zero-order chi connectivity index (χ0) is 14.0. The third-order valence-electron chi connectivity index (χ3n) is 3.68. The molecule has 1 aliphatic rings.